The number of carbonyl (C=O) groups excluding carboxylic acids is 2. The van der Waals surface area contributed by atoms with Gasteiger partial charge in [-0.05, 0) is 42.0 Å². The maximum Gasteiger partial charge on any atom is 0.243 e. The number of nitrogens with two attached hydrogens (primary N) is 1. The van der Waals surface area contributed by atoms with Crippen LogP contribution in [-0.2, 0) is 29.1 Å². The van der Waals surface area contributed by atoms with E-state index in [1.165, 1.54) is 32.1 Å². The smallest absolute Gasteiger partial charge is 0.243 e. The summed E-state index contributed by atoms with van der Waals surface area (Å²) in [6.45, 7) is 3.80. The number of hydrogen-bond acceptors (Lipinski definition) is 4. The van der Waals surface area contributed by atoms with E-state index in [0.29, 0.717) is 25.4 Å². The minimum atomic E-state index is -0.634. The first-order valence-corrected chi connectivity index (χ1v) is 13.2. The topological polar surface area (TPSA) is 96.2 Å². The lowest BCUT2D eigenvalue weighted by Gasteiger charge is -2.28. The van der Waals surface area contributed by atoms with Crippen molar-refractivity contribution >= 4 is 11.8 Å². The zero-order valence-corrected chi connectivity index (χ0v) is 21.1. The standard InChI is InChI=1S/C29H42N4O2/c1-2-17-31-26(18-22-9-5-3-6-10-22)29(35)33-27(19-23-11-7-4-8-12-23)28(34)32-21-25-15-13-24(20-30)14-16-25/h4,7-8,11-16,22,26-27,31H,2-3,5-6,9-10,17-21,30H2,1H3,(H,32,34)(H,33,35)/t26-,27+/m1/s1. The molecule has 5 N–H and O–H groups in total. The highest BCUT2D eigenvalue weighted by molar-refractivity contribution is 5.90. The molecule has 0 bridgehead atoms. The SMILES string of the molecule is CCCN[C@H](CC1CCCCC1)C(=O)N[C@@H](Cc1ccccc1)C(=O)NCc1ccc(CN)cc1. The van der Waals surface area contributed by atoms with Crippen LogP contribution in [0.5, 0.6) is 0 Å². The third kappa shape index (κ3) is 9.11. The van der Waals surface area contributed by atoms with E-state index >= 15 is 0 Å². The third-order valence-electron chi connectivity index (χ3n) is 6.89. The van der Waals surface area contributed by atoms with Gasteiger partial charge in [0.05, 0.1) is 6.04 Å². The summed E-state index contributed by atoms with van der Waals surface area (Å²) in [5.41, 5.74) is 8.75. The van der Waals surface area contributed by atoms with E-state index in [1.807, 2.05) is 54.6 Å². The second kappa shape index (κ2) is 14.6. The summed E-state index contributed by atoms with van der Waals surface area (Å²) in [6, 6.07) is 16.8. The van der Waals surface area contributed by atoms with Crippen LogP contribution < -0.4 is 21.7 Å². The van der Waals surface area contributed by atoms with Crippen LogP contribution in [0, 0.1) is 5.92 Å². The highest BCUT2D eigenvalue weighted by atomic mass is 16.2. The summed E-state index contributed by atoms with van der Waals surface area (Å²) in [4.78, 5) is 26.6. The first-order valence-electron chi connectivity index (χ1n) is 13.2. The van der Waals surface area contributed by atoms with Gasteiger partial charge in [0, 0.05) is 19.5 Å². The van der Waals surface area contributed by atoms with Gasteiger partial charge in [-0.15, -0.1) is 0 Å². The number of nitrogens with one attached hydrogen (secondary N) is 3. The van der Waals surface area contributed by atoms with Gasteiger partial charge in [0.15, 0.2) is 0 Å². The van der Waals surface area contributed by atoms with Crippen LogP contribution in [0.2, 0.25) is 0 Å². The summed E-state index contributed by atoms with van der Waals surface area (Å²) < 4.78 is 0. The Morgan fingerprint density at radius 1 is 0.886 bits per heavy atom. The minimum Gasteiger partial charge on any atom is -0.350 e. The Morgan fingerprint density at radius 3 is 2.23 bits per heavy atom. The van der Waals surface area contributed by atoms with Crippen molar-refractivity contribution in [2.24, 2.45) is 11.7 Å². The fraction of sp³-hybridized carbons (Fsp3) is 0.517. The molecule has 2 aromatic carbocycles. The highest BCUT2D eigenvalue weighted by Crippen LogP contribution is 2.27. The molecule has 35 heavy (non-hydrogen) atoms. The monoisotopic (exact) mass is 478 g/mol. The Balaban J connectivity index is 1.67. The van der Waals surface area contributed by atoms with Crippen molar-refractivity contribution in [3.05, 3.63) is 71.3 Å². The molecule has 6 heteroatoms. The van der Waals surface area contributed by atoms with Gasteiger partial charge in [-0.25, -0.2) is 0 Å². The van der Waals surface area contributed by atoms with Crippen LogP contribution >= 0.6 is 0 Å². The molecule has 1 saturated carbocycles. The molecule has 2 amide bonds. The highest BCUT2D eigenvalue weighted by Gasteiger charge is 2.28. The predicted molar refractivity (Wildman–Crippen MR) is 142 cm³/mol. The van der Waals surface area contributed by atoms with E-state index in [9.17, 15) is 9.59 Å². The third-order valence-corrected chi connectivity index (χ3v) is 6.89. The van der Waals surface area contributed by atoms with Crippen molar-refractivity contribution < 1.29 is 9.59 Å². The van der Waals surface area contributed by atoms with Crippen molar-refractivity contribution in [1.29, 1.82) is 0 Å². The molecule has 1 aliphatic rings. The van der Waals surface area contributed by atoms with Crippen LogP contribution in [0.15, 0.2) is 54.6 Å². The normalized spacial score (nSPS) is 15.8. The van der Waals surface area contributed by atoms with E-state index < -0.39 is 6.04 Å². The Bertz CT molecular complexity index is 895. The van der Waals surface area contributed by atoms with Gasteiger partial charge >= 0.3 is 0 Å². The molecule has 0 aromatic heterocycles. The van der Waals surface area contributed by atoms with E-state index in [1.54, 1.807) is 0 Å². The molecule has 1 fully saturated rings. The Kier molecular flexibility index (Phi) is 11.3. The van der Waals surface area contributed by atoms with Gasteiger partial charge in [-0.2, -0.15) is 0 Å². The summed E-state index contributed by atoms with van der Waals surface area (Å²) in [6.07, 6.45) is 8.42. The van der Waals surface area contributed by atoms with E-state index in [0.717, 1.165) is 36.1 Å². The molecule has 0 heterocycles. The van der Waals surface area contributed by atoms with Crippen LogP contribution in [-0.4, -0.2) is 30.4 Å². The second-order valence-electron chi connectivity index (χ2n) is 9.74. The number of hydrogen-bond donors (Lipinski definition) is 4. The van der Waals surface area contributed by atoms with Gasteiger partial charge < -0.3 is 21.7 Å². The first kappa shape index (κ1) is 26.9. The van der Waals surface area contributed by atoms with Gasteiger partial charge in [0.25, 0.3) is 0 Å². The van der Waals surface area contributed by atoms with E-state index in [-0.39, 0.29) is 17.9 Å². The van der Waals surface area contributed by atoms with Gasteiger partial charge in [0.2, 0.25) is 11.8 Å². The van der Waals surface area contributed by atoms with Crippen LogP contribution in [0.25, 0.3) is 0 Å². The molecule has 0 saturated heterocycles. The number of amides is 2. The molecule has 2 aromatic rings. The van der Waals surface area contributed by atoms with Crippen molar-refractivity contribution in [2.45, 2.75) is 83.5 Å². The Morgan fingerprint density at radius 2 is 1.57 bits per heavy atom. The second-order valence-corrected chi connectivity index (χ2v) is 9.74. The lowest BCUT2D eigenvalue weighted by atomic mass is 9.84. The molecule has 0 spiro atoms. The number of carbonyl (C=O) groups is 2. The number of rotatable bonds is 13. The molecule has 2 atom stereocenters. The van der Waals surface area contributed by atoms with E-state index in [4.69, 9.17) is 5.73 Å². The van der Waals surface area contributed by atoms with Crippen molar-refractivity contribution in [2.75, 3.05) is 6.54 Å². The van der Waals surface area contributed by atoms with Crippen molar-refractivity contribution in [3.63, 3.8) is 0 Å². The summed E-state index contributed by atoms with van der Waals surface area (Å²) in [7, 11) is 0. The van der Waals surface area contributed by atoms with E-state index in [2.05, 4.69) is 22.9 Å². The fourth-order valence-corrected chi connectivity index (χ4v) is 4.79. The predicted octanol–water partition coefficient (Wildman–Crippen LogP) is 3.83. The van der Waals surface area contributed by atoms with Gasteiger partial charge in [-0.1, -0.05) is 93.6 Å². The Hall–Kier alpha value is -2.70. The summed E-state index contributed by atoms with van der Waals surface area (Å²) >= 11 is 0. The fourth-order valence-electron chi connectivity index (χ4n) is 4.79. The largest absolute Gasteiger partial charge is 0.350 e. The van der Waals surface area contributed by atoms with Gasteiger partial charge in [0.1, 0.15) is 6.04 Å². The maximum atomic E-state index is 13.4. The minimum absolute atomic E-state index is 0.0765. The molecule has 3 rings (SSSR count). The van der Waals surface area contributed by atoms with Gasteiger partial charge in [-0.3, -0.25) is 9.59 Å². The van der Waals surface area contributed by atoms with Crippen LogP contribution in [0.1, 0.15) is 68.6 Å². The molecule has 1 aliphatic carbocycles. The lowest BCUT2D eigenvalue weighted by Crippen LogP contribution is -2.54. The van der Waals surface area contributed by atoms with Crippen LogP contribution in [0.3, 0.4) is 0 Å². The lowest BCUT2D eigenvalue weighted by molar-refractivity contribution is -0.130. The summed E-state index contributed by atoms with van der Waals surface area (Å²) in [5, 5.41) is 9.55. The maximum absolute atomic E-state index is 13.4. The molecule has 190 valence electrons. The van der Waals surface area contributed by atoms with Crippen molar-refractivity contribution in [1.82, 2.24) is 16.0 Å². The molecule has 0 aliphatic heterocycles. The molecular weight excluding hydrogens is 436 g/mol. The number of benzene rings is 2. The Labute approximate surface area is 210 Å². The average Bonchev–Trinajstić information content (AvgIpc) is 2.90. The molecular formula is C29H42N4O2. The quantitative estimate of drug-likeness (QED) is 0.352. The zero-order chi connectivity index (χ0) is 24.9. The van der Waals surface area contributed by atoms with Crippen molar-refractivity contribution in [3.8, 4) is 0 Å². The molecule has 0 unspecified atom stereocenters. The summed E-state index contributed by atoms with van der Waals surface area (Å²) in [5.74, 6) is 0.325. The van der Waals surface area contributed by atoms with Crippen LogP contribution in [0.4, 0.5) is 0 Å². The molecule has 6 nitrogen and oxygen atoms in total. The zero-order valence-electron chi connectivity index (χ0n) is 21.1. The molecule has 0 radical (unpaired) electrons. The average molecular weight is 479 g/mol. The first-order chi connectivity index (χ1) is 17.1.